The first-order valence-corrected chi connectivity index (χ1v) is 12.2. The molecule has 0 aliphatic carbocycles. The van der Waals surface area contributed by atoms with Crippen molar-refractivity contribution in [3.05, 3.63) is 65.5 Å². The highest BCUT2D eigenvalue weighted by atomic mass is 19.1. The van der Waals surface area contributed by atoms with Gasteiger partial charge in [0.1, 0.15) is 17.6 Å². The molecule has 2 heterocycles. The molecule has 0 bridgehead atoms. The molecule has 2 aromatic rings. The van der Waals surface area contributed by atoms with E-state index >= 15 is 0 Å². The van der Waals surface area contributed by atoms with Crippen molar-refractivity contribution in [1.29, 1.82) is 0 Å². The molecular formula is C27H32FN3O4. The maximum atomic E-state index is 13.6. The van der Waals surface area contributed by atoms with Crippen LogP contribution in [0.25, 0.3) is 0 Å². The molecule has 35 heavy (non-hydrogen) atoms. The highest BCUT2D eigenvalue weighted by Gasteiger charge is 2.36. The van der Waals surface area contributed by atoms with Gasteiger partial charge in [-0.2, -0.15) is 0 Å². The Hall–Kier alpha value is -3.42. The third kappa shape index (κ3) is 5.99. The number of nitrogens with one attached hydrogen (secondary N) is 1. The molecular weight excluding hydrogens is 449 g/mol. The fourth-order valence-corrected chi connectivity index (χ4v) is 4.92. The molecule has 0 saturated carbocycles. The van der Waals surface area contributed by atoms with Gasteiger partial charge in [0.15, 0.2) is 0 Å². The van der Waals surface area contributed by atoms with Gasteiger partial charge >= 0.3 is 0 Å². The summed E-state index contributed by atoms with van der Waals surface area (Å²) >= 11 is 0. The van der Waals surface area contributed by atoms with Crippen LogP contribution in [0.3, 0.4) is 0 Å². The monoisotopic (exact) mass is 481 g/mol. The van der Waals surface area contributed by atoms with Crippen LogP contribution < -0.4 is 10.1 Å². The summed E-state index contributed by atoms with van der Waals surface area (Å²) in [4.78, 5) is 43.0. The molecule has 0 spiro atoms. The van der Waals surface area contributed by atoms with Gasteiger partial charge in [-0.15, -0.1) is 0 Å². The summed E-state index contributed by atoms with van der Waals surface area (Å²) in [5.41, 5.74) is 0.746. The molecule has 8 heteroatoms. The van der Waals surface area contributed by atoms with E-state index in [-0.39, 0.29) is 23.6 Å². The molecule has 2 saturated heterocycles. The Kier molecular flexibility index (Phi) is 8.00. The summed E-state index contributed by atoms with van der Waals surface area (Å²) in [5, 5.41) is 3.00. The molecule has 1 N–H and O–H groups in total. The molecule has 0 unspecified atom stereocenters. The molecule has 4 rings (SSSR count). The summed E-state index contributed by atoms with van der Waals surface area (Å²) < 4.78 is 18.8. The van der Waals surface area contributed by atoms with Crippen LogP contribution in [0.2, 0.25) is 0 Å². The summed E-state index contributed by atoms with van der Waals surface area (Å²) in [6.45, 7) is 2.28. The summed E-state index contributed by atoms with van der Waals surface area (Å²) in [7, 11) is 1.54. The third-order valence-electron chi connectivity index (χ3n) is 6.92. The normalized spacial score (nSPS) is 17.5. The molecule has 7 nitrogen and oxygen atoms in total. The second-order valence-corrected chi connectivity index (χ2v) is 9.21. The standard InChI is InChI=1S/C27H32FN3O4/c1-35-23-10-6-7-20(18-23)25(32)29-24(27(34)30-13-3-2-4-14-30)19-11-15-31(16-12-19)26(33)21-8-5-9-22(28)17-21/h5-10,17-19,24H,2-4,11-16H2,1H3,(H,29,32)/t24-/m0/s1. The van der Waals surface area contributed by atoms with E-state index in [9.17, 15) is 18.8 Å². The number of hydrogen-bond donors (Lipinski definition) is 1. The Morgan fingerprint density at radius 1 is 0.914 bits per heavy atom. The second-order valence-electron chi connectivity index (χ2n) is 9.21. The number of ether oxygens (including phenoxy) is 1. The first-order chi connectivity index (χ1) is 17.0. The number of likely N-dealkylation sites (tertiary alicyclic amines) is 2. The van der Waals surface area contributed by atoms with Crippen molar-refractivity contribution >= 4 is 17.7 Å². The van der Waals surface area contributed by atoms with Gasteiger partial charge in [-0.3, -0.25) is 14.4 Å². The van der Waals surface area contributed by atoms with E-state index in [4.69, 9.17) is 4.74 Å². The van der Waals surface area contributed by atoms with Crippen LogP contribution in [0, 0.1) is 11.7 Å². The fourth-order valence-electron chi connectivity index (χ4n) is 4.92. The lowest BCUT2D eigenvalue weighted by Gasteiger charge is -2.38. The average Bonchev–Trinajstić information content (AvgIpc) is 2.91. The smallest absolute Gasteiger partial charge is 0.253 e. The second kappa shape index (κ2) is 11.3. The highest BCUT2D eigenvalue weighted by molar-refractivity contribution is 5.98. The number of methoxy groups -OCH3 is 1. The zero-order valence-electron chi connectivity index (χ0n) is 20.0. The number of halogens is 1. The number of amides is 3. The van der Waals surface area contributed by atoms with Gasteiger partial charge in [-0.05, 0) is 74.4 Å². The van der Waals surface area contributed by atoms with Crippen LogP contribution in [-0.4, -0.2) is 66.9 Å². The molecule has 2 aromatic carbocycles. The van der Waals surface area contributed by atoms with Crippen LogP contribution >= 0.6 is 0 Å². The number of carbonyl (C=O) groups excluding carboxylic acids is 3. The molecule has 2 aliphatic rings. The molecule has 1 atom stereocenters. The maximum Gasteiger partial charge on any atom is 0.253 e. The highest BCUT2D eigenvalue weighted by Crippen LogP contribution is 2.25. The number of rotatable bonds is 6. The van der Waals surface area contributed by atoms with Gasteiger partial charge in [-0.1, -0.05) is 12.1 Å². The molecule has 186 valence electrons. The van der Waals surface area contributed by atoms with Crippen LogP contribution in [0.4, 0.5) is 4.39 Å². The van der Waals surface area contributed by atoms with Crippen molar-refractivity contribution in [2.24, 2.45) is 5.92 Å². The Bertz CT molecular complexity index is 1060. The Labute approximate surface area is 205 Å². The minimum absolute atomic E-state index is 0.0594. The van der Waals surface area contributed by atoms with Gasteiger partial charge in [0.25, 0.3) is 11.8 Å². The van der Waals surface area contributed by atoms with E-state index < -0.39 is 11.9 Å². The van der Waals surface area contributed by atoms with Gasteiger partial charge in [-0.25, -0.2) is 4.39 Å². The van der Waals surface area contributed by atoms with Crippen LogP contribution in [0.15, 0.2) is 48.5 Å². The minimum Gasteiger partial charge on any atom is -0.497 e. The van der Waals surface area contributed by atoms with E-state index in [2.05, 4.69) is 5.32 Å². The van der Waals surface area contributed by atoms with Gasteiger partial charge < -0.3 is 19.9 Å². The van der Waals surface area contributed by atoms with E-state index in [1.807, 2.05) is 4.90 Å². The topological polar surface area (TPSA) is 79.0 Å². The number of benzene rings is 2. The van der Waals surface area contributed by atoms with Crippen LogP contribution in [0.1, 0.15) is 52.8 Å². The van der Waals surface area contributed by atoms with E-state index in [1.165, 1.54) is 18.2 Å². The van der Waals surface area contributed by atoms with Crippen molar-refractivity contribution in [2.45, 2.75) is 38.1 Å². The van der Waals surface area contributed by atoms with E-state index in [0.29, 0.717) is 55.9 Å². The molecule has 2 aliphatic heterocycles. The number of nitrogens with zero attached hydrogens (tertiary/aromatic N) is 2. The van der Waals surface area contributed by atoms with Crippen molar-refractivity contribution in [2.75, 3.05) is 33.3 Å². The zero-order chi connectivity index (χ0) is 24.8. The predicted molar refractivity (Wildman–Crippen MR) is 130 cm³/mol. The fraction of sp³-hybridized carbons (Fsp3) is 0.444. The van der Waals surface area contributed by atoms with Crippen LogP contribution in [0.5, 0.6) is 5.75 Å². The Morgan fingerprint density at radius 3 is 2.29 bits per heavy atom. The van der Waals surface area contributed by atoms with Crippen LogP contribution in [-0.2, 0) is 4.79 Å². The Balaban J connectivity index is 1.47. The number of carbonyl (C=O) groups is 3. The lowest BCUT2D eigenvalue weighted by atomic mass is 9.87. The summed E-state index contributed by atoms with van der Waals surface area (Å²) in [6.07, 6.45) is 4.17. The number of hydrogen-bond acceptors (Lipinski definition) is 4. The first kappa shape index (κ1) is 24.7. The van der Waals surface area contributed by atoms with Crippen molar-refractivity contribution in [1.82, 2.24) is 15.1 Å². The molecule has 2 fully saturated rings. The van der Waals surface area contributed by atoms with Gasteiger partial charge in [0.05, 0.1) is 7.11 Å². The zero-order valence-corrected chi connectivity index (χ0v) is 20.0. The van der Waals surface area contributed by atoms with Crippen molar-refractivity contribution < 1.29 is 23.5 Å². The van der Waals surface area contributed by atoms with E-state index in [0.717, 1.165) is 19.3 Å². The predicted octanol–water partition coefficient (Wildman–Crippen LogP) is 3.50. The third-order valence-corrected chi connectivity index (χ3v) is 6.92. The molecule has 0 radical (unpaired) electrons. The van der Waals surface area contributed by atoms with Gasteiger partial charge in [0, 0.05) is 37.3 Å². The average molecular weight is 482 g/mol. The molecule has 0 aromatic heterocycles. The minimum atomic E-state index is -0.668. The SMILES string of the molecule is COc1cccc(C(=O)N[C@H](C(=O)N2CCCCC2)C2CCN(C(=O)c3cccc(F)c3)CC2)c1. The first-order valence-electron chi connectivity index (χ1n) is 12.2. The van der Waals surface area contributed by atoms with Gasteiger partial charge in [0.2, 0.25) is 5.91 Å². The van der Waals surface area contributed by atoms with E-state index in [1.54, 1.807) is 42.3 Å². The maximum absolute atomic E-state index is 13.6. The number of piperidine rings is 2. The lowest BCUT2D eigenvalue weighted by Crippen LogP contribution is -2.55. The largest absolute Gasteiger partial charge is 0.497 e. The van der Waals surface area contributed by atoms with Crippen molar-refractivity contribution in [3.63, 3.8) is 0 Å². The summed E-state index contributed by atoms with van der Waals surface area (Å²) in [6, 6.07) is 11.9. The molecule has 3 amide bonds. The summed E-state index contributed by atoms with van der Waals surface area (Å²) in [5.74, 6) is -0.579. The Morgan fingerprint density at radius 2 is 1.60 bits per heavy atom. The lowest BCUT2D eigenvalue weighted by molar-refractivity contribution is -0.136. The van der Waals surface area contributed by atoms with Crippen molar-refractivity contribution in [3.8, 4) is 5.75 Å². The quantitative estimate of drug-likeness (QED) is 0.685.